The molecule has 0 fully saturated rings. The number of thiophene rings is 1. The maximum absolute atomic E-state index is 12.4. The molecule has 0 unspecified atom stereocenters. The standard InChI is InChI=1S/C15H9N5OS2/c21-12(18-14-16-8-3-1-2-4-9(8)17-14)11-7-10-13(23-11)19-15-20(10)5-6-22-15/h1-7H,(H2,16,17,18,21). The molecule has 4 aromatic heterocycles. The Bertz CT molecular complexity index is 1150. The topological polar surface area (TPSA) is 75.1 Å². The van der Waals surface area contributed by atoms with E-state index in [2.05, 4.69) is 20.3 Å². The van der Waals surface area contributed by atoms with E-state index in [-0.39, 0.29) is 5.91 Å². The summed E-state index contributed by atoms with van der Waals surface area (Å²) < 4.78 is 1.99. The Morgan fingerprint density at radius 2 is 2.17 bits per heavy atom. The summed E-state index contributed by atoms with van der Waals surface area (Å²) in [4.78, 5) is 26.8. The molecule has 0 saturated heterocycles. The van der Waals surface area contributed by atoms with Crippen LogP contribution >= 0.6 is 22.7 Å². The van der Waals surface area contributed by atoms with E-state index < -0.39 is 0 Å². The van der Waals surface area contributed by atoms with Crippen molar-refractivity contribution in [1.29, 1.82) is 0 Å². The van der Waals surface area contributed by atoms with Gasteiger partial charge in [-0.1, -0.05) is 12.1 Å². The van der Waals surface area contributed by atoms with Crippen LogP contribution in [0, 0.1) is 0 Å². The molecule has 0 aliphatic rings. The van der Waals surface area contributed by atoms with E-state index in [4.69, 9.17) is 0 Å². The van der Waals surface area contributed by atoms with Gasteiger partial charge in [-0.15, -0.1) is 22.7 Å². The van der Waals surface area contributed by atoms with E-state index in [0.29, 0.717) is 10.8 Å². The number of carbonyl (C=O) groups is 1. The fourth-order valence-corrected chi connectivity index (χ4v) is 4.24. The van der Waals surface area contributed by atoms with Crippen LogP contribution in [0.3, 0.4) is 0 Å². The first-order chi connectivity index (χ1) is 11.3. The van der Waals surface area contributed by atoms with Crippen LogP contribution in [0.1, 0.15) is 9.67 Å². The number of H-pyrrole nitrogens is 1. The van der Waals surface area contributed by atoms with Crippen molar-refractivity contribution in [3.63, 3.8) is 0 Å². The van der Waals surface area contributed by atoms with Gasteiger partial charge in [-0.3, -0.25) is 14.5 Å². The van der Waals surface area contributed by atoms with Gasteiger partial charge < -0.3 is 4.98 Å². The third-order valence-electron chi connectivity index (χ3n) is 3.58. The molecule has 0 aliphatic carbocycles. The van der Waals surface area contributed by atoms with E-state index in [1.807, 2.05) is 46.3 Å². The number of hydrogen-bond acceptors (Lipinski definition) is 5. The van der Waals surface area contributed by atoms with E-state index >= 15 is 0 Å². The summed E-state index contributed by atoms with van der Waals surface area (Å²) in [7, 11) is 0. The van der Waals surface area contributed by atoms with Crippen molar-refractivity contribution in [2.45, 2.75) is 0 Å². The molecule has 5 rings (SSSR count). The Kier molecular flexibility index (Phi) is 2.58. The minimum Gasteiger partial charge on any atom is -0.324 e. The van der Waals surface area contributed by atoms with E-state index in [1.54, 1.807) is 11.3 Å². The number of anilines is 1. The molecule has 6 nitrogen and oxygen atoms in total. The average molecular weight is 339 g/mol. The van der Waals surface area contributed by atoms with Crippen molar-refractivity contribution in [1.82, 2.24) is 19.4 Å². The van der Waals surface area contributed by atoms with Gasteiger partial charge in [-0.25, -0.2) is 9.97 Å². The number of fused-ring (bicyclic) bond motifs is 4. The van der Waals surface area contributed by atoms with Crippen LogP contribution in [-0.2, 0) is 0 Å². The third-order valence-corrected chi connectivity index (χ3v) is 5.36. The zero-order chi connectivity index (χ0) is 15.4. The van der Waals surface area contributed by atoms with E-state index in [9.17, 15) is 4.79 Å². The van der Waals surface area contributed by atoms with Crippen molar-refractivity contribution in [2.75, 3.05) is 5.32 Å². The van der Waals surface area contributed by atoms with Gasteiger partial charge in [0.25, 0.3) is 5.91 Å². The van der Waals surface area contributed by atoms with Crippen molar-refractivity contribution >= 4 is 60.9 Å². The Morgan fingerprint density at radius 3 is 3.09 bits per heavy atom. The lowest BCUT2D eigenvalue weighted by atomic mass is 10.3. The van der Waals surface area contributed by atoms with E-state index in [1.165, 1.54) is 11.3 Å². The minimum absolute atomic E-state index is 0.184. The summed E-state index contributed by atoms with van der Waals surface area (Å²) in [5.74, 6) is 0.265. The van der Waals surface area contributed by atoms with Gasteiger partial charge in [0.2, 0.25) is 5.95 Å². The van der Waals surface area contributed by atoms with Crippen LogP contribution in [0.15, 0.2) is 41.9 Å². The van der Waals surface area contributed by atoms with Gasteiger partial charge in [-0.2, -0.15) is 0 Å². The number of rotatable bonds is 2. The molecule has 4 heterocycles. The summed E-state index contributed by atoms with van der Waals surface area (Å²) in [5.41, 5.74) is 2.68. The number of imidazole rings is 2. The van der Waals surface area contributed by atoms with Crippen LogP contribution in [0.25, 0.3) is 26.3 Å². The summed E-state index contributed by atoms with van der Waals surface area (Å²) >= 11 is 2.96. The summed E-state index contributed by atoms with van der Waals surface area (Å²) in [5, 5.41) is 4.79. The number of nitrogens with one attached hydrogen (secondary N) is 2. The highest BCUT2D eigenvalue weighted by atomic mass is 32.1. The minimum atomic E-state index is -0.184. The van der Waals surface area contributed by atoms with Gasteiger partial charge in [-0.05, 0) is 18.2 Å². The highest BCUT2D eigenvalue weighted by Crippen LogP contribution is 2.28. The van der Waals surface area contributed by atoms with Crippen molar-refractivity contribution < 1.29 is 4.79 Å². The number of carbonyl (C=O) groups excluding carboxylic acids is 1. The van der Waals surface area contributed by atoms with Gasteiger partial charge in [0.1, 0.15) is 4.83 Å². The third kappa shape index (κ3) is 1.96. The maximum atomic E-state index is 12.4. The summed E-state index contributed by atoms with van der Waals surface area (Å²) in [6.45, 7) is 0. The molecule has 0 bridgehead atoms. The molecule has 5 aromatic rings. The molecule has 1 aromatic carbocycles. The first kappa shape index (κ1) is 12.8. The van der Waals surface area contributed by atoms with E-state index in [0.717, 1.165) is 26.3 Å². The first-order valence-corrected chi connectivity index (χ1v) is 8.59. The fourth-order valence-electron chi connectivity index (χ4n) is 2.54. The smallest absolute Gasteiger partial charge is 0.268 e. The molecule has 0 atom stereocenters. The molecular formula is C15H9N5OS2. The van der Waals surface area contributed by atoms with Crippen molar-refractivity contribution in [3.8, 4) is 0 Å². The molecule has 112 valence electrons. The number of thiazole rings is 1. The molecule has 0 spiro atoms. The lowest BCUT2D eigenvalue weighted by molar-refractivity contribution is 0.103. The number of aromatic amines is 1. The molecule has 1 amide bonds. The highest BCUT2D eigenvalue weighted by Gasteiger charge is 2.16. The predicted molar refractivity (Wildman–Crippen MR) is 92.5 cm³/mol. The Balaban J connectivity index is 1.50. The molecule has 0 radical (unpaired) electrons. The summed E-state index contributed by atoms with van der Waals surface area (Å²) in [6, 6.07) is 9.52. The first-order valence-electron chi connectivity index (χ1n) is 6.89. The van der Waals surface area contributed by atoms with Gasteiger partial charge in [0, 0.05) is 11.6 Å². The monoisotopic (exact) mass is 339 g/mol. The molecule has 2 N–H and O–H groups in total. The zero-order valence-corrected chi connectivity index (χ0v) is 13.2. The largest absolute Gasteiger partial charge is 0.324 e. The second-order valence-electron chi connectivity index (χ2n) is 5.03. The molecular weight excluding hydrogens is 330 g/mol. The van der Waals surface area contributed by atoms with Gasteiger partial charge in [0.05, 0.1) is 21.4 Å². The second-order valence-corrected chi connectivity index (χ2v) is 6.93. The number of benzene rings is 1. The lowest BCUT2D eigenvalue weighted by Crippen LogP contribution is -2.11. The lowest BCUT2D eigenvalue weighted by Gasteiger charge is -1.97. The van der Waals surface area contributed by atoms with Gasteiger partial charge in [0.15, 0.2) is 4.96 Å². The Hall–Kier alpha value is -2.71. The summed E-state index contributed by atoms with van der Waals surface area (Å²) in [6.07, 6.45) is 1.96. The number of hydrogen-bond donors (Lipinski definition) is 2. The number of nitrogens with zero attached hydrogens (tertiary/aromatic N) is 3. The highest BCUT2D eigenvalue weighted by molar-refractivity contribution is 7.21. The SMILES string of the molecule is O=C(Nc1nc2ccccc2[nH]1)c1cc2c(nc3sccn32)s1. The second kappa shape index (κ2) is 4.64. The fraction of sp³-hybridized carbons (Fsp3) is 0. The Morgan fingerprint density at radius 1 is 1.26 bits per heavy atom. The number of amides is 1. The molecule has 8 heteroatoms. The van der Waals surface area contributed by atoms with Crippen molar-refractivity contribution in [2.24, 2.45) is 0 Å². The molecule has 23 heavy (non-hydrogen) atoms. The number of para-hydroxylation sites is 2. The van der Waals surface area contributed by atoms with Crippen molar-refractivity contribution in [3.05, 3.63) is 46.8 Å². The predicted octanol–water partition coefficient (Wildman–Crippen LogP) is 3.74. The van der Waals surface area contributed by atoms with Crippen LogP contribution in [0.5, 0.6) is 0 Å². The normalized spacial score (nSPS) is 11.7. The van der Waals surface area contributed by atoms with Crippen LogP contribution in [0.4, 0.5) is 5.95 Å². The maximum Gasteiger partial charge on any atom is 0.268 e. The quantitative estimate of drug-likeness (QED) is 0.514. The number of aromatic nitrogens is 4. The van der Waals surface area contributed by atoms with Crippen LogP contribution in [0.2, 0.25) is 0 Å². The molecule has 0 aliphatic heterocycles. The van der Waals surface area contributed by atoms with Crippen LogP contribution in [-0.4, -0.2) is 25.3 Å². The molecule has 0 saturated carbocycles. The van der Waals surface area contributed by atoms with Crippen LogP contribution < -0.4 is 5.32 Å². The van der Waals surface area contributed by atoms with Gasteiger partial charge >= 0.3 is 0 Å². The zero-order valence-electron chi connectivity index (χ0n) is 11.6. The Labute approximate surface area is 137 Å². The average Bonchev–Trinajstić information content (AvgIpc) is 3.26.